The number of aliphatic imine (C=N–C) groups is 1. The van der Waals surface area contributed by atoms with E-state index in [0.29, 0.717) is 31.3 Å². The van der Waals surface area contributed by atoms with Crippen molar-refractivity contribution in [3.8, 4) is 11.5 Å². The summed E-state index contributed by atoms with van der Waals surface area (Å²) in [6.07, 6.45) is 1.69. The predicted octanol–water partition coefficient (Wildman–Crippen LogP) is 3.27. The van der Waals surface area contributed by atoms with Crippen molar-refractivity contribution in [3.63, 3.8) is 0 Å². The molecule has 0 heterocycles. The fraction of sp³-hybridized carbons (Fsp3) is 0.238. The van der Waals surface area contributed by atoms with Gasteiger partial charge in [0.15, 0.2) is 5.96 Å². The van der Waals surface area contributed by atoms with Gasteiger partial charge in [-0.2, -0.15) is 0 Å². The molecule has 0 saturated heterocycles. The van der Waals surface area contributed by atoms with Gasteiger partial charge in [0.1, 0.15) is 18.1 Å². The summed E-state index contributed by atoms with van der Waals surface area (Å²) >= 11 is 0. The molecule has 0 bridgehead atoms. The van der Waals surface area contributed by atoms with Gasteiger partial charge in [0.25, 0.3) is 0 Å². The van der Waals surface area contributed by atoms with Gasteiger partial charge in [0, 0.05) is 17.8 Å². The van der Waals surface area contributed by atoms with Gasteiger partial charge < -0.3 is 25.8 Å². The van der Waals surface area contributed by atoms with Crippen LogP contribution in [0.2, 0.25) is 0 Å². The molecule has 0 saturated carbocycles. The van der Waals surface area contributed by atoms with Gasteiger partial charge in [-0.3, -0.25) is 4.79 Å². The summed E-state index contributed by atoms with van der Waals surface area (Å²) in [7, 11) is 0. The third-order valence-corrected chi connectivity index (χ3v) is 3.65. The Balaban J connectivity index is 0.00000420. The number of aromatic hydroxyl groups is 1. The first kappa shape index (κ1) is 24.3. The fourth-order valence-electron chi connectivity index (χ4n) is 2.34. The lowest BCUT2D eigenvalue weighted by Gasteiger charge is -2.13. The van der Waals surface area contributed by atoms with E-state index < -0.39 is 0 Å². The number of phenolic OH excluding ortho intramolecular Hbond substituents is 1. The number of halogens is 1. The minimum atomic E-state index is -0.217. The molecule has 0 fully saturated rings. The van der Waals surface area contributed by atoms with Crippen LogP contribution in [-0.2, 0) is 11.3 Å². The third kappa shape index (κ3) is 8.86. The number of hydrogen-bond donors (Lipinski definition) is 4. The van der Waals surface area contributed by atoms with E-state index in [4.69, 9.17) is 4.74 Å². The normalized spacial score (nSPS) is 10.4. The summed E-state index contributed by atoms with van der Waals surface area (Å²) in [5, 5.41) is 18.1. The number of hydrogen-bond acceptors (Lipinski definition) is 4. The lowest BCUT2D eigenvalue weighted by molar-refractivity contribution is -0.115. The number of phenols is 1. The van der Waals surface area contributed by atoms with Gasteiger partial charge in [-0.25, -0.2) is 4.99 Å². The Morgan fingerprint density at radius 3 is 2.59 bits per heavy atom. The van der Waals surface area contributed by atoms with E-state index in [9.17, 15) is 9.90 Å². The summed E-state index contributed by atoms with van der Waals surface area (Å²) in [5.41, 5.74) is 1.55. The van der Waals surface area contributed by atoms with Gasteiger partial charge in [-0.15, -0.1) is 24.0 Å². The van der Waals surface area contributed by atoms with E-state index in [0.717, 1.165) is 11.3 Å². The highest BCUT2D eigenvalue weighted by molar-refractivity contribution is 14.0. The van der Waals surface area contributed by atoms with Gasteiger partial charge in [-0.1, -0.05) is 30.9 Å². The van der Waals surface area contributed by atoms with Crippen molar-refractivity contribution in [1.82, 2.24) is 10.6 Å². The number of nitrogens with one attached hydrogen (secondary N) is 3. The van der Waals surface area contributed by atoms with Crippen LogP contribution in [0.25, 0.3) is 0 Å². The second-order valence-electron chi connectivity index (χ2n) is 5.85. The smallest absolute Gasteiger partial charge is 0.243 e. The minimum absolute atomic E-state index is 0. The average molecular weight is 510 g/mol. The Kier molecular flexibility index (Phi) is 11.2. The number of amides is 1. The van der Waals surface area contributed by atoms with E-state index in [1.807, 2.05) is 31.2 Å². The van der Waals surface area contributed by atoms with Crippen molar-refractivity contribution in [3.05, 3.63) is 66.7 Å². The molecule has 2 rings (SSSR count). The van der Waals surface area contributed by atoms with Crippen LogP contribution in [-0.4, -0.2) is 36.7 Å². The van der Waals surface area contributed by atoms with Crippen LogP contribution in [0.4, 0.5) is 5.69 Å². The monoisotopic (exact) mass is 510 g/mol. The number of carbonyl (C=O) groups is 1. The van der Waals surface area contributed by atoms with Crippen LogP contribution < -0.4 is 20.7 Å². The summed E-state index contributed by atoms with van der Waals surface area (Å²) in [6, 6.07) is 14.0. The number of benzene rings is 2. The molecule has 2 aromatic carbocycles. The molecule has 2 aromatic rings. The van der Waals surface area contributed by atoms with Gasteiger partial charge in [0.05, 0.1) is 13.1 Å². The molecule has 1 amide bonds. The number of rotatable bonds is 9. The third-order valence-electron chi connectivity index (χ3n) is 3.65. The van der Waals surface area contributed by atoms with Crippen LogP contribution in [0.1, 0.15) is 12.5 Å². The van der Waals surface area contributed by atoms with Crippen molar-refractivity contribution in [2.75, 3.05) is 25.0 Å². The maximum absolute atomic E-state index is 12.1. The van der Waals surface area contributed by atoms with Gasteiger partial charge in [-0.05, 0) is 37.3 Å². The molecule has 8 heteroatoms. The first-order chi connectivity index (χ1) is 13.6. The molecular formula is C21H27IN4O3. The molecule has 0 aromatic heterocycles. The van der Waals surface area contributed by atoms with Crippen molar-refractivity contribution < 1.29 is 14.6 Å². The van der Waals surface area contributed by atoms with E-state index in [1.54, 1.807) is 18.2 Å². The van der Waals surface area contributed by atoms with Gasteiger partial charge >= 0.3 is 0 Å². The average Bonchev–Trinajstić information content (AvgIpc) is 2.71. The van der Waals surface area contributed by atoms with Crippen molar-refractivity contribution >= 4 is 41.5 Å². The Morgan fingerprint density at radius 1 is 1.17 bits per heavy atom. The number of ether oxygens (including phenoxy) is 1. The molecule has 29 heavy (non-hydrogen) atoms. The summed E-state index contributed by atoms with van der Waals surface area (Å²) in [4.78, 5) is 16.6. The highest BCUT2D eigenvalue weighted by Crippen LogP contribution is 2.18. The first-order valence-electron chi connectivity index (χ1n) is 9.05. The highest BCUT2D eigenvalue weighted by Gasteiger charge is 2.06. The minimum Gasteiger partial charge on any atom is -0.508 e. The molecular weight excluding hydrogens is 483 g/mol. The predicted molar refractivity (Wildman–Crippen MR) is 127 cm³/mol. The summed E-state index contributed by atoms with van der Waals surface area (Å²) in [5.74, 6) is 1.22. The quantitative estimate of drug-likeness (QED) is 0.137. The largest absolute Gasteiger partial charge is 0.508 e. The molecule has 0 atom stereocenters. The molecule has 7 nitrogen and oxygen atoms in total. The van der Waals surface area contributed by atoms with Crippen LogP contribution in [0.15, 0.2) is 66.2 Å². The molecule has 156 valence electrons. The van der Waals surface area contributed by atoms with Crippen molar-refractivity contribution in [2.45, 2.75) is 13.5 Å². The zero-order valence-corrected chi connectivity index (χ0v) is 18.7. The lowest BCUT2D eigenvalue weighted by Crippen LogP contribution is -2.41. The van der Waals surface area contributed by atoms with Crippen LogP contribution in [0.3, 0.4) is 0 Å². The fourth-order valence-corrected chi connectivity index (χ4v) is 2.34. The summed E-state index contributed by atoms with van der Waals surface area (Å²) < 4.78 is 5.64. The zero-order valence-electron chi connectivity index (χ0n) is 16.4. The zero-order chi connectivity index (χ0) is 20.2. The molecule has 0 aliphatic carbocycles. The Hall–Kier alpha value is -2.75. The molecule has 0 aliphatic heterocycles. The number of guanidine groups is 1. The van der Waals surface area contributed by atoms with Crippen molar-refractivity contribution in [2.24, 2.45) is 4.99 Å². The number of nitrogens with zero attached hydrogens (tertiary/aromatic N) is 1. The van der Waals surface area contributed by atoms with Gasteiger partial charge in [0.2, 0.25) is 5.91 Å². The number of carbonyl (C=O) groups excluding carboxylic acids is 1. The lowest BCUT2D eigenvalue weighted by atomic mass is 10.2. The number of anilines is 1. The maximum atomic E-state index is 12.1. The molecule has 0 spiro atoms. The first-order valence-corrected chi connectivity index (χ1v) is 9.05. The Labute approximate surface area is 188 Å². The standard InChI is InChI=1S/C21H26N4O3.HI/c1-3-13-28-19-8-6-5-7-16(19)14-23-21(22-4-2)24-15-20(27)25-17-9-11-18(26)12-10-17;/h3,5-12,26H,1,4,13-15H2,2H3,(H,25,27)(H2,22,23,24);1H. The Morgan fingerprint density at radius 2 is 1.90 bits per heavy atom. The molecule has 0 aliphatic rings. The summed E-state index contributed by atoms with van der Waals surface area (Å²) in [6.45, 7) is 7.17. The van der Waals surface area contributed by atoms with E-state index in [1.165, 1.54) is 12.1 Å². The van der Waals surface area contributed by atoms with Crippen molar-refractivity contribution in [1.29, 1.82) is 0 Å². The van der Waals surface area contributed by atoms with E-state index in [-0.39, 0.29) is 42.2 Å². The van der Waals surface area contributed by atoms with E-state index in [2.05, 4.69) is 27.5 Å². The van der Waals surface area contributed by atoms with Crippen LogP contribution in [0, 0.1) is 0 Å². The highest BCUT2D eigenvalue weighted by atomic mass is 127. The second kappa shape index (κ2) is 13.4. The topological polar surface area (TPSA) is 95.0 Å². The maximum Gasteiger partial charge on any atom is 0.243 e. The SMILES string of the molecule is C=CCOc1ccccc1CN=C(NCC)NCC(=O)Nc1ccc(O)cc1.I. The molecule has 0 radical (unpaired) electrons. The van der Waals surface area contributed by atoms with Crippen LogP contribution in [0.5, 0.6) is 11.5 Å². The molecule has 0 unspecified atom stereocenters. The van der Waals surface area contributed by atoms with Crippen LogP contribution >= 0.6 is 24.0 Å². The van der Waals surface area contributed by atoms with E-state index >= 15 is 0 Å². The molecule has 4 N–H and O–H groups in total. The Bertz CT molecular complexity index is 810. The second-order valence-corrected chi connectivity index (χ2v) is 5.85. The number of para-hydroxylation sites is 1.